The summed E-state index contributed by atoms with van der Waals surface area (Å²) >= 11 is 0. The van der Waals surface area contributed by atoms with Crippen LogP contribution in [0.4, 0.5) is 4.39 Å². The van der Waals surface area contributed by atoms with Gasteiger partial charge in [0, 0.05) is 48.7 Å². The SMILES string of the molecule is O=C1c2c(OCc3ccccc3)c(=O)ccn2NCN1C/C=C\COc1cc(F)ccc1Cc1ccccn1. The third-order valence-corrected chi connectivity index (χ3v) is 6.16. The van der Waals surface area contributed by atoms with Gasteiger partial charge in [0.1, 0.15) is 31.4 Å². The molecule has 0 spiro atoms. The van der Waals surface area contributed by atoms with Crippen LogP contribution >= 0.6 is 0 Å². The maximum atomic E-state index is 13.9. The summed E-state index contributed by atoms with van der Waals surface area (Å²) in [6, 6.07) is 20.9. The van der Waals surface area contributed by atoms with E-state index in [0.29, 0.717) is 12.2 Å². The van der Waals surface area contributed by atoms with Crippen LogP contribution in [0.5, 0.6) is 11.5 Å². The molecule has 0 aliphatic carbocycles. The summed E-state index contributed by atoms with van der Waals surface area (Å²) in [6.45, 7) is 0.881. The van der Waals surface area contributed by atoms with Gasteiger partial charge in [-0.3, -0.25) is 19.2 Å². The van der Waals surface area contributed by atoms with Crippen molar-refractivity contribution in [1.29, 1.82) is 0 Å². The summed E-state index contributed by atoms with van der Waals surface area (Å²) in [5, 5.41) is 0. The van der Waals surface area contributed by atoms with Gasteiger partial charge >= 0.3 is 0 Å². The van der Waals surface area contributed by atoms with Gasteiger partial charge in [-0.05, 0) is 29.8 Å². The molecule has 0 saturated carbocycles. The Morgan fingerprint density at radius 2 is 1.82 bits per heavy atom. The fourth-order valence-electron chi connectivity index (χ4n) is 4.16. The number of fused-ring (bicyclic) bond motifs is 1. The summed E-state index contributed by atoms with van der Waals surface area (Å²) < 4.78 is 27.0. The van der Waals surface area contributed by atoms with E-state index in [4.69, 9.17) is 9.47 Å². The van der Waals surface area contributed by atoms with Crippen molar-refractivity contribution < 1.29 is 18.7 Å². The molecule has 39 heavy (non-hydrogen) atoms. The third kappa shape index (κ3) is 6.32. The lowest BCUT2D eigenvalue weighted by molar-refractivity contribution is 0.0738. The van der Waals surface area contributed by atoms with Crippen LogP contribution in [-0.2, 0) is 13.0 Å². The number of carbonyl (C=O) groups excluding carboxylic acids is 1. The van der Waals surface area contributed by atoms with Gasteiger partial charge in [0.05, 0.1) is 0 Å². The fraction of sp³-hybridized carbons (Fsp3) is 0.167. The van der Waals surface area contributed by atoms with Crippen molar-refractivity contribution in [2.24, 2.45) is 0 Å². The van der Waals surface area contributed by atoms with Gasteiger partial charge < -0.3 is 19.8 Å². The molecule has 1 amide bonds. The lowest BCUT2D eigenvalue weighted by atomic mass is 10.1. The van der Waals surface area contributed by atoms with Crippen LogP contribution in [0.1, 0.15) is 27.3 Å². The van der Waals surface area contributed by atoms with E-state index in [2.05, 4.69) is 10.4 Å². The first-order chi connectivity index (χ1) is 19.1. The number of aromatic nitrogens is 2. The van der Waals surface area contributed by atoms with Crippen molar-refractivity contribution in [3.05, 3.63) is 136 Å². The molecule has 4 aromatic rings. The quantitative estimate of drug-likeness (QED) is 0.313. The van der Waals surface area contributed by atoms with Crippen LogP contribution in [-0.4, -0.2) is 40.3 Å². The van der Waals surface area contributed by atoms with Gasteiger partial charge in [0.2, 0.25) is 5.43 Å². The lowest BCUT2D eigenvalue weighted by Gasteiger charge is -2.31. The van der Waals surface area contributed by atoms with Gasteiger partial charge in [0.15, 0.2) is 11.4 Å². The van der Waals surface area contributed by atoms with E-state index in [-0.39, 0.29) is 55.0 Å². The van der Waals surface area contributed by atoms with Crippen LogP contribution in [0.3, 0.4) is 0 Å². The molecule has 8 nitrogen and oxygen atoms in total. The number of hydrogen-bond acceptors (Lipinski definition) is 6. The monoisotopic (exact) mass is 526 g/mol. The first kappa shape index (κ1) is 25.7. The second-order valence-corrected chi connectivity index (χ2v) is 8.88. The van der Waals surface area contributed by atoms with E-state index < -0.39 is 0 Å². The zero-order valence-electron chi connectivity index (χ0n) is 21.1. The van der Waals surface area contributed by atoms with Gasteiger partial charge in [-0.1, -0.05) is 48.5 Å². The minimum absolute atomic E-state index is 0.00223. The molecule has 0 saturated heterocycles. The van der Waals surface area contributed by atoms with E-state index in [1.165, 1.54) is 29.1 Å². The molecule has 1 aliphatic heterocycles. The van der Waals surface area contributed by atoms with E-state index >= 15 is 0 Å². The molecule has 198 valence electrons. The molecule has 1 N–H and O–H groups in total. The second-order valence-electron chi connectivity index (χ2n) is 8.88. The van der Waals surface area contributed by atoms with Crippen LogP contribution in [0.2, 0.25) is 0 Å². The van der Waals surface area contributed by atoms with E-state index in [0.717, 1.165) is 16.8 Å². The highest BCUT2D eigenvalue weighted by molar-refractivity contribution is 5.96. The summed E-state index contributed by atoms with van der Waals surface area (Å²) in [4.78, 5) is 31.7. The summed E-state index contributed by atoms with van der Waals surface area (Å²) in [7, 11) is 0. The smallest absolute Gasteiger partial charge is 0.278 e. The fourth-order valence-corrected chi connectivity index (χ4v) is 4.16. The van der Waals surface area contributed by atoms with Crippen molar-refractivity contribution in [3.8, 4) is 11.5 Å². The number of nitrogens with zero attached hydrogens (tertiary/aromatic N) is 3. The zero-order chi connectivity index (χ0) is 27.0. The average molecular weight is 527 g/mol. The number of amides is 1. The number of nitrogens with one attached hydrogen (secondary N) is 1. The minimum Gasteiger partial charge on any atom is -0.489 e. The van der Waals surface area contributed by atoms with Crippen molar-refractivity contribution >= 4 is 5.91 Å². The molecule has 3 heterocycles. The highest BCUT2D eigenvalue weighted by Gasteiger charge is 2.28. The Kier molecular flexibility index (Phi) is 7.97. The van der Waals surface area contributed by atoms with E-state index in [9.17, 15) is 14.0 Å². The Bertz CT molecular complexity index is 1520. The molecule has 1 aliphatic rings. The molecule has 2 aromatic heterocycles. The van der Waals surface area contributed by atoms with Crippen LogP contribution in [0.25, 0.3) is 0 Å². The maximum absolute atomic E-state index is 13.9. The lowest BCUT2D eigenvalue weighted by Crippen LogP contribution is -2.46. The molecule has 0 bridgehead atoms. The van der Waals surface area contributed by atoms with Crippen LogP contribution in [0, 0.1) is 5.82 Å². The number of hydrogen-bond donors (Lipinski definition) is 1. The molecular weight excluding hydrogens is 499 g/mol. The molecule has 9 heteroatoms. The Morgan fingerprint density at radius 1 is 0.974 bits per heavy atom. The Balaban J connectivity index is 1.21. The molecular formula is C30H27FN4O4. The average Bonchev–Trinajstić information content (AvgIpc) is 2.96. The van der Waals surface area contributed by atoms with Gasteiger partial charge in [-0.25, -0.2) is 4.39 Å². The Labute approximate surface area is 224 Å². The number of benzene rings is 2. The van der Waals surface area contributed by atoms with Gasteiger partial charge in [-0.15, -0.1) is 0 Å². The molecule has 0 fully saturated rings. The van der Waals surface area contributed by atoms with Crippen molar-refractivity contribution in [3.63, 3.8) is 0 Å². The van der Waals surface area contributed by atoms with Crippen molar-refractivity contribution in [1.82, 2.24) is 14.6 Å². The highest BCUT2D eigenvalue weighted by Crippen LogP contribution is 2.23. The number of ether oxygens (including phenoxy) is 2. The molecule has 0 atom stereocenters. The predicted molar refractivity (Wildman–Crippen MR) is 145 cm³/mol. The Hall–Kier alpha value is -4.92. The minimum atomic E-state index is -0.386. The number of pyridine rings is 2. The number of carbonyl (C=O) groups is 1. The maximum Gasteiger partial charge on any atom is 0.278 e. The van der Waals surface area contributed by atoms with Crippen LogP contribution in [0.15, 0.2) is 102 Å². The van der Waals surface area contributed by atoms with Crippen molar-refractivity contribution in [2.75, 3.05) is 25.2 Å². The number of halogens is 1. The summed E-state index contributed by atoms with van der Waals surface area (Å²) in [5.74, 6) is -0.275. The first-order valence-corrected chi connectivity index (χ1v) is 12.5. The first-order valence-electron chi connectivity index (χ1n) is 12.5. The highest BCUT2D eigenvalue weighted by atomic mass is 19.1. The number of rotatable bonds is 10. The third-order valence-electron chi connectivity index (χ3n) is 6.16. The summed E-state index contributed by atoms with van der Waals surface area (Å²) in [6.07, 6.45) is 7.31. The summed E-state index contributed by atoms with van der Waals surface area (Å²) in [5.41, 5.74) is 5.45. The second kappa shape index (κ2) is 12.1. The molecule has 5 rings (SSSR count). The van der Waals surface area contributed by atoms with Crippen LogP contribution < -0.4 is 20.3 Å². The molecule has 0 unspecified atom stereocenters. The van der Waals surface area contributed by atoms with Crippen molar-refractivity contribution in [2.45, 2.75) is 13.0 Å². The molecule has 2 aromatic carbocycles. The predicted octanol–water partition coefficient (Wildman–Crippen LogP) is 4.14. The Morgan fingerprint density at radius 3 is 2.64 bits per heavy atom. The largest absolute Gasteiger partial charge is 0.489 e. The normalized spacial score (nSPS) is 12.7. The topological polar surface area (TPSA) is 85.7 Å². The van der Waals surface area contributed by atoms with Gasteiger partial charge in [0.25, 0.3) is 5.91 Å². The van der Waals surface area contributed by atoms with Gasteiger partial charge in [-0.2, -0.15) is 0 Å². The molecule has 0 radical (unpaired) electrons. The zero-order valence-corrected chi connectivity index (χ0v) is 21.1. The van der Waals surface area contributed by atoms with E-state index in [1.54, 1.807) is 29.3 Å². The standard InChI is InChI=1S/C30H27FN4O4/c31-24-12-11-23(18-25-10-4-5-14-32-25)27(19-24)38-17-7-6-15-34-21-33-35-16-13-26(36)29(28(35)30(34)37)39-20-22-8-2-1-3-9-22/h1-14,16,19,33H,15,17-18,20-21H2/b7-6-. The van der Waals surface area contributed by atoms with E-state index in [1.807, 2.05) is 48.5 Å².